The Balaban J connectivity index is 0. The molecule has 0 saturated carbocycles. The second-order valence-corrected chi connectivity index (χ2v) is 2.39. The van der Waals surface area contributed by atoms with Gasteiger partial charge in [0, 0.05) is 6.54 Å². The number of hydrogen-bond acceptors (Lipinski definition) is 4. The molecule has 0 spiro atoms. The first-order valence-electron chi connectivity index (χ1n) is 3.21. The van der Waals surface area contributed by atoms with Crippen molar-refractivity contribution >= 4 is 18.2 Å². The van der Waals surface area contributed by atoms with Crippen LogP contribution in [0.25, 0.3) is 0 Å². The van der Waals surface area contributed by atoms with Crippen molar-refractivity contribution in [2.24, 2.45) is 5.73 Å². The number of rotatable bonds is 3. The van der Waals surface area contributed by atoms with Crippen molar-refractivity contribution in [1.82, 2.24) is 25.5 Å². The molecule has 1 rings (SSSR count). The molecule has 0 fully saturated rings. The molecule has 1 aromatic rings. The molecule has 1 aromatic heterocycles. The number of H-pyrrole nitrogens is 1. The third-order valence-electron chi connectivity index (χ3n) is 1.17. The quantitative estimate of drug-likeness (QED) is 0.352. The largest absolute Gasteiger partial charge is 1.00 e. The minimum Gasteiger partial charge on any atom is -1.00 e. The molecule has 1 heterocycles. The van der Waals surface area contributed by atoms with Gasteiger partial charge >= 0.3 is 35.6 Å². The molecule has 68 valence electrons. The van der Waals surface area contributed by atoms with E-state index in [1.807, 2.05) is 0 Å². The van der Waals surface area contributed by atoms with E-state index in [4.69, 9.17) is 18.0 Å². The van der Waals surface area contributed by atoms with Crippen molar-refractivity contribution in [3.05, 3.63) is 4.77 Å². The van der Waals surface area contributed by atoms with Gasteiger partial charge in [-0.2, -0.15) is 5.21 Å². The molecule has 0 atom stereocenters. The monoisotopic (exact) mass is 212 g/mol. The molecule has 9 heteroatoms. The zero-order chi connectivity index (χ0) is 8.97. The minimum absolute atomic E-state index is 0. The molecule has 0 bridgehead atoms. The van der Waals surface area contributed by atoms with E-state index in [2.05, 4.69) is 20.8 Å². The van der Waals surface area contributed by atoms with Crippen molar-refractivity contribution in [3.8, 4) is 0 Å². The Kier molecular flexibility index (Phi) is 5.88. The average Bonchev–Trinajstić information content (AvgIpc) is 2.36. The van der Waals surface area contributed by atoms with E-state index in [1.54, 1.807) is 0 Å². The van der Waals surface area contributed by atoms with E-state index in [-0.39, 0.29) is 31.0 Å². The average molecular weight is 212 g/mol. The predicted octanol–water partition coefficient (Wildman–Crippen LogP) is -3.88. The van der Waals surface area contributed by atoms with E-state index in [0.717, 1.165) is 0 Å². The van der Waals surface area contributed by atoms with Gasteiger partial charge in [-0.1, -0.05) is 10.3 Å². The molecule has 2 amide bonds. The fourth-order valence-corrected chi connectivity index (χ4v) is 0.825. The van der Waals surface area contributed by atoms with Crippen LogP contribution in [0.5, 0.6) is 0 Å². The molecule has 0 aliphatic rings. The molecule has 7 nitrogen and oxygen atoms in total. The first-order chi connectivity index (χ1) is 5.70. The summed E-state index contributed by atoms with van der Waals surface area (Å²) in [7, 11) is 0. The molecule has 0 unspecified atom stereocenters. The van der Waals surface area contributed by atoms with Crippen LogP contribution < -0.4 is 40.6 Å². The van der Waals surface area contributed by atoms with Crippen LogP contribution >= 0.6 is 12.2 Å². The van der Waals surface area contributed by atoms with Crippen LogP contribution in [0.2, 0.25) is 0 Å². The summed E-state index contributed by atoms with van der Waals surface area (Å²) < 4.78 is 1.87. The molecule has 0 aromatic carbocycles. The molecule has 0 radical (unpaired) electrons. The van der Waals surface area contributed by atoms with Gasteiger partial charge < -0.3 is 12.5 Å². The third kappa shape index (κ3) is 4.36. The number of carbonyl (C=O) groups is 1. The van der Waals surface area contributed by atoms with Gasteiger partial charge in [-0.05, 0) is 12.2 Å². The van der Waals surface area contributed by atoms with Crippen molar-refractivity contribution in [3.63, 3.8) is 0 Å². The van der Waals surface area contributed by atoms with Crippen molar-refractivity contribution in [2.75, 3.05) is 6.54 Å². The number of amides is 2. The van der Waals surface area contributed by atoms with Crippen molar-refractivity contribution < 1.29 is 35.8 Å². The van der Waals surface area contributed by atoms with Crippen LogP contribution in [0.15, 0.2) is 0 Å². The number of urea groups is 1. The third-order valence-corrected chi connectivity index (χ3v) is 1.47. The second kappa shape index (κ2) is 6.08. The predicted molar refractivity (Wildman–Crippen MR) is 43.9 cm³/mol. The van der Waals surface area contributed by atoms with Gasteiger partial charge in [-0.15, -0.1) is 0 Å². The number of tetrazole rings is 1. The molecule has 13 heavy (non-hydrogen) atoms. The summed E-state index contributed by atoms with van der Waals surface area (Å²) in [5, 5.41) is 11.9. The number of carbonyl (C=O) groups excluding carboxylic acids is 1. The SMILES string of the molecule is NC(=O)NCCn1[nH]nnc1=S.[H-].[Na+]. The van der Waals surface area contributed by atoms with Gasteiger partial charge in [0.25, 0.3) is 0 Å². The van der Waals surface area contributed by atoms with Gasteiger partial charge in [0.1, 0.15) is 0 Å². The fraction of sp³-hybridized carbons (Fsp3) is 0.500. The van der Waals surface area contributed by atoms with Crippen LogP contribution in [-0.4, -0.2) is 32.8 Å². The van der Waals surface area contributed by atoms with E-state index >= 15 is 0 Å². The van der Waals surface area contributed by atoms with Gasteiger partial charge in [0.2, 0.25) is 4.77 Å². The zero-order valence-corrected chi connectivity index (χ0v) is 9.97. The van der Waals surface area contributed by atoms with Crippen LogP contribution in [0.1, 0.15) is 1.43 Å². The summed E-state index contributed by atoms with van der Waals surface area (Å²) in [4.78, 5) is 10.2. The standard InChI is InChI=1S/C4H8N6OS.Na.H/c5-3(11)6-1-2-10-4(12)7-8-9-10;;/h1-2H2,(H3,5,6,11)(H,7,9,12);;/q;+1;-1. The second-order valence-electron chi connectivity index (χ2n) is 2.03. The van der Waals surface area contributed by atoms with Crippen LogP contribution in [0, 0.1) is 4.77 Å². The normalized spacial score (nSPS) is 8.92. The van der Waals surface area contributed by atoms with Gasteiger partial charge in [0.15, 0.2) is 0 Å². The number of aromatic amines is 1. The van der Waals surface area contributed by atoms with E-state index in [0.29, 0.717) is 17.9 Å². The minimum atomic E-state index is -0.561. The van der Waals surface area contributed by atoms with Crippen LogP contribution in [-0.2, 0) is 6.54 Å². The molecule has 4 N–H and O–H groups in total. The Morgan fingerprint density at radius 3 is 3.00 bits per heavy atom. The van der Waals surface area contributed by atoms with Crippen LogP contribution in [0.3, 0.4) is 0 Å². The topological polar surface area (TPSA) is 102 Å². The smallest absolute Gasteiger partial charge is 1.00 e. The number of nitrogens with zero attached hydrogens (tertiary/aromatic N) is 3. The van der Waals surface area contributed by atoms with Gasteiger partial charge in [-0.25, -0.2) is 9.48 Å². The number of hydrogen-bond donors (Lipinski definition) is 3. The summed E-state index contributed by atoms with van der Waals surface area (Å²) in [5.74, 6) is 0. The summed E-state index contributed by atoms with van der Waals surface area (Å²) in [6.45, 7) is 0.877. The van der Waals surface area contributed by atoms with Crippen molar-refractivity contribution in [1.29, 1.82) is 0 Å². The Hall–Kier alpha value is -0.440. The molecule has 0 aliphatic carbocycles. The summed E-state index contributed by atoms with van der Waals surface area (Å²) in [6.07, 6.45) is 0. The number of nitrogens with one attached hydrogen (secondary N) is 2. The fourth-order valence-electron chi connectivity index (χ4n) is 0.652. The Labute approximate surface area is 103 Å². The summed E-state index contributed by atoms with van der Waals surface area (Å²) in [6, 6.07) is -0.561. The Morgan fingerprint density at radius 1 is 1.85 bits per heavy atom. The summed E-state index contributed by atoms with van der Waals surface area (Å²) in [5.41, 5.74) is 4.84. The number of aromatic nitrogens is 4. The van der Waals surface area contributed by atoms with Gasteiger partial charge in [-0.3, -0.25) is 0 Å². The maximum Gasteiger partial charge on any atom is 1.00 e. The molecular weight excluding hydrogens is 203 g/mol. The first kappa shape index (κ1) is 12.6. The molecule has 0 saturated heterocycles. The van der Waals surface area contributed by atoms with E-state index < -0.39 is 6.03 Å². The maximum absolute atomic E-state index is 10.2. The van der Waals surface area contributed by atoms with E-state index in [9.17, 15) is 4.79 Å². The maximum atomic E-state index is 10.2. The number of nitrogens with two attached hydrogens (primary N) is 1. The molecular formula is C4H9N6NaOS. The van der Waals surface area contributed by atoms with E-state index in [1.165, 1.54) is 4.68 Å². The van der Waals surface area contributed by atoms with Gasteiger partial charge in [0.05, 0.1) is 6.54 Å². The zero-order valence-electron chi connectivity index (χ0n) is 8.15. The Morgan fingerprint density at radius 2 is 2.54 bits per heavy atom. The Bertz CT molecular complexity index is 326. The summed E-state index contributed by atoms with van der Waals surface area (Å²) >= 11 is 4.78. The first-order valence-corrected chi connectivity index (χ1v) is 3.62. The van der Waals surface area contributed by atoms with Crippen molar-refractivity contribution in [2.45, 2.75) is 6.54 Å². The number of primary amides is 1. The molecule has 0 aliphatic heterocycles. The van der Waals surface area contributed by atoms with Crippen LogP contribution in [0.4, 0.5) is 4.79 Å².